The summed E-state index contributed by atoms with van der Waals surface area (Å²) in [4.78, 5) is 22.7. The zero-order valence-corrected chi connectivity index (χ0v) is 14.0. The van der Waals surface area contributed by atoms with Gasteiger partial charge in [-0.25, -0.2) is 4.79 Å². The SMILES string of the molecule is O=C(O)COc1ccc(NC(=O)C2CC2c2ccc(C(F)(F)F)cc2)cc1. The van der Waals surface area contributed by atoms with E-state index in [0.717, 1.165) is 12.1 Å². The van der Waals surface area contributed by atoms with Crippen LogP contribution in [-0.4, -0.2) is 23.6 Å². The van der Waals surface area contributed by atoms with Crippen LogP contribution in [0, 0.1) is 5.92 Å². The minimum absolute atomic E-state index is 0.0922. The van der Waals surface area contributed by atoms with Gasteiger partial charge in [-0.3, -0.25) is 4.79 Å². The molecule has 2 N–H and O–H groups in total. The lowest BCUT2D eigenvalue weighted by Crippen LogP contribution is -2.14. The average Bonchev–Trinajstić information content (AvgIpc) is 3.41. The van der Waals surface area contributed by atoms with Gasteiger partial charge in [0.2, 0.25) is 5.91 Å². The van der Waals surface area contributed by atoms with Crippen LogP contribution in [0.15, 0.2) is 48.5 Å². The Morgan fingerprint density at radius 1 is 1.07 bits per heavy atom. The Kier molecular flexibility index (Phi) is 5.07. The highest BCUT2D eigenvalue weighted by Gasteiger charge is 2.44. The highest BCUT2D eigenvalue weighted by atomic mass is 19.4. The van der Waals surface area contributed by atoms with Gasteiger partial charge >= 0.3 is 12.1 Å². The van der Waals surface area contributed by atoms with Crippen molar-refractivity contribution < 1.29 is 32.6 Å². The summed E-state index contributed by atoms with van der Waals surface area (Å²) in [5.74, 6) is -1.31. The molecule has 1 amide bonds. The van der Waals surface area contributed by atoms with Crippen LogP contribution in [0.1, 0.15) is 23.5 Å². The van der Waals surface area contributed by atoms with Gasteiger partial charge in [0.05, 0.1) is 5.56 Å². The van der Waals surface area contributed by atoms with Gasteiger partial charge in [0.1, 0.15) is 5.75 Å². The molecule has 2 aromatic carbocycles. The standard InChI is InChI=1S/C19H16F3NO4/c20-19(21,22)12-3-1-11(2-4-12)15-9-16(15)18(26)23-13-5-7-14(8-6-13)27-10-17(24)25/h1-8,15-16H,9-10H2,(H,23,26)(H,24,25). The molecular weight excluding hydrogens is 363 g/mol. The van der Waals surface area contributed by atoms with Gasteiger partial charge in [-0.2, -0.15) is 13.2 Å². The quantitative estimate of drug-likeness (QED) is 0.798. The van der Waals surface area contributed by atoms with Crippen LogP contribution in [0.25, 0.3) is 0 Å². The van der Waals surface area contributed by atoms with E-state index >= 15 is 0 Å². The van der Waals surface area contributed by atoms with Gasteiger partial charge in [-0.15, -0.1) is 0 Å². The van der Waals surface area contributed by atoms with Gasteiger partial charge in [0, 0.05) is 11.6 Å². The Balaban J connectivity index is 1.55. The molecule has 0 spiro atoms. The van der Waals surface area contributed by atoms with Crippen molar-refractivity contribution in [1.29, 1.82) is 0 Å². The molecule has 2 aromatic rings. The predicted molar refractivity (Wildman–Crippen MR) is 90.5 cm³/mol. The third-order valence-electron chi connectivity index (χ3n) is 4.28. The molecule has 0 bridgehead atoms. The summed E-state index contributed by atoms with van der Waals surface area (Å²) in [6.07, 6.45) is -3.80. The summed E-state index contributed by atoms with van der Waals surface area (Å²) < 4.78 is 42.8. The molecule has 0 aromatic heterocycles. The van der Waals surface area contributed by atoms with E-state index in [1.807, 2.05) is 0 Å². The second kappa shape index (κ2) is 7.30. The minimum Gasteiger partial charge on any atom is -0.482 e. The number of anilines is 1. The summed E-state index contributed by atoms with van der Waals surface area (Å²) in [5.41, 5.74) is 0.527. The zero-order chi connectivity index (χ0) is 19.6. The number of carboxylic acids is 1. The van der Waals surface area contributed by atoms with E-state index in [1.165, 1.54) is 12.1 Å². The van der Waals surface area contributed by atoms with Crippen LogP contribution in [0.2, 0.25) is 0 Å². The summed E-state index contributed by atoms with van der Waals surface area (Å²) in [7, 11) is 0. The number of carbonyl (C=O) groups is 2. The molecule has 0 heterocycles. The molecule has 0 aliphatic heterocycles. The summed E-state index contributed by atoms with van der Waals surface area (Å²) in [6.45, 7) is -0.456. The third kappa shape index (κ3) is 4.78. The largest absolute Gasteiger partial charge is 0.482 e. The van der Waals surface area contributed by atoms with Gasteiger partial charge < -0.3 is 15.2 Å². The van der Waals surface area contributed by atoms with Crippen LogP contribution < -0.4 is 10.1 Å². The molecule has 0 radical (unpaired) electrons. The molecule has 1 fully saturated rings. The van der Waals surface area contributed by atoms with E-state index in [-0.39, 0.29) is 17.7 Å². The normalized spacial score (nSPS) is 18.6. The second-order valence-electron chi connectivity index (χ2n) is 6.26. The fraction of sp³-hybridized carbons (Fsp3) is 0.263. The lowest BCUT2D eigenvalue weighted by Gasteiger charge is -2.08. The van der Waals surface area contributed by atoms with Crippen molar-refractivity contribution in [2.24, 2.45) is 5.92 Å². The van der Waals surface area contributed by atoms with Crippen molar-refractivity contribution in [2.75, 3.05) is 11.9 Å². The monoisotopic (exact) mass is 379 g/mol. The number of aliphatic carboxylic acids is 1. The van der Waals surface area contributed by atoms with E-state index in [4.69, 9.17) is 9.84 Å². The molecule has 3 rings (SSSR count). The maximum Gasteiger partial charge on any atom is 0.416 e. The van der Waals surface area contributed by atoms with Crippen molar-refractivity contribution in [1.82, 2.24) is 0 Å². The van der Waals surface area contributed by atoms with E-state index in [1.54, 1.807) is 24.3 Å². The second-order valence-corrected chi connectivity index (χ2v) is 6.26. The molecule has 2 unspecified atom stereocenters. The first-order valence-corrected chi connectivity index (χ1v) is 8.17. The first-order valence-electron chi connectivity index (χ1n) is 8.17. The highest BCUT2D eigenvalue weighted by Crippen LogP contribution is 2.48. The third-order valence-corrected chi connectivity index (χ3v) is 4.28. The minimum atomic E-state index is -4.38. The molecule has 1 aliphatic rings. The van der Waals surface area contributed by atoms with Crippen LogP contribution in [0.3, 0.4) is 0 Å². The Morgan fingerprint density at radius 2 is 1.70 bits per heavy atom. The van der Waals surface area contributed by atoms with Crippen molar-refractivity contribution in [2.45, 2.75) is 18.5 Å². The van der Waals surface area contributed by atoms with Crippen molar-refractivity contribution in [3.05, 3.63) is 59.7 Å². The summed E-state index contributed by atoms with van der Waals surface area (Å²) in [6, 6.07) is 11.1. The summed E-state index contributed by atoms with van der Waals surface area (Å²) in [5, 5.41) is 11.3. The molecule has 1 saturated carbocycles. The first-order chi connectivity index (χ1) is 12.7. The van der Waals surface area contributed by atoms with Crippen LogP contribution in [0.5, 0.6) is 5.75 Å². The Labute approximate surface area is 152 Å². The molecule has 2 atom stereocenters. The topological polar surface area (TPSA) is 75.6 Å². The highest BCUT2D eigenvalue weighted by molar-refractivity contribution is 5.95. The maximum absolute atomic E-state index is 12.6. The van der Waals surface area contributed by atoms with Crippen LogP contribution >= 0.6 is 0 Å². The smallest absolute Gasteiger partial charge is 0.416 e. The number of hydrogen-bond donors (Lipinski definition) is 2. The first kappa shape index (κ1) is 18.8. The maximum atomic E-state index is 12.6. The molecule has 142 valence electrons. The van der Waals surface area contributed by atoms with Gasteiger partial charge in [0.25, 0.3) is 0 Å². The van der Waals surface area contributed by atoms with Crippen molar-refractivity contribution in [3.63, 3.8) is 0 Å². The number of halogens is 3. The van der Waals surface area contributed by atoms with Crippen molar-refractivity contribution >= 4 is 17.6 Å². The van der Waals surface area contributed by atoms with Gasteiger partial charge in [-0.05, 0) is 54.3 Å². The number of benzene rings is 2. The summed E-state index contributed by atoms with van der Waals surface area (Å²) >= 11 is 0. The zero-order valence-electron chi connectivity index (χ0n) is 14.0. The van der Waals surface area contributed by atoms with E-state index in [2.05, 4.69) is 5.32 Å². The average molecular weight is 379 g/mol. The van der Waals surface area contributed by atoms with Crippen LogP contribution in [0.4, 0.5) is 18.9 Å². The molecule has 8 heteroatoms. The van der Waals surface area contributed by atoms with Gasteiger partial charge in [-0.1, -0.05) is 12.1 Å². The van der Waals surface area contributed by atoms with E-state index in [9.17, 15) is 22.8 Å². The van der Waals surface area contributed by atoms with E-state index in [0.29, 0.717) is 23.4 Å². The lowest BCUT2D eigenvalue weighted by atomic mass is 10.1. The molecular formula is C19H16F3NO4. The van der Waals surface area contributed by atoms with Crippen molar-refractivity contribution in [3.8, 4) is 5.75 Å². The number of nitrogens with one attached hydrogen (secondary N) is 1. The molecule has 27 heavy (non-hydrogen) atoms. The van der Waals surface area contributed by atoms with Crippen LogP contribution in [-0.2, 0) is 15.8 Å². The fourth-order valence-corrected chi connectivity index (χ4v) is 2.79. The number of hydrogen-bond acceptors (Lipinski definition) is 3. The van der Waals surface area contributed by atoms with E-state index < -0.39 is 24.3 Å². The number of carboxylic acid groups (broad SMARTS) is 1. The Bertz CT molecular complexity index is 832. The molecule has 0 saturated heterocycles. The number of ether oxygens (including phenoxy) is 1. The Hall–Kier alpha value is -3.03. The number of alkyl halides is 3. The Morgan fingerprint density at radius 3 is 2.26 bits per heavy atom. The molecule has 5 nitrogen and oxygen atoms in total. The van der Waals surface area contributed by atoms with Gasteiger partial charge in [0.15, 0.2) is 6.61 Å². The number of carbonyl (C=O) groups excluding carboxylic acids is 1. The number of rotatable bonds is 6. The fourth-order valence-electron chi connectivity index (χ4n) is 2.79. The number of amides is 1. The lowest BCUT2D eigenvalue weighted by molar-refractivity contribution is -0.139. The predicted octanol–water partition coefficient (Wildman–Crippen LogP) is 3.91. The molecule has 1 aliphatic carbocycles.